The van der Waals surface area contributed by atoms with E-state index in [2.05, 4.69) is 11.4 Å². The monoisotopic (exact) mass is 287 g/mol. The number of carboxylic acids is 1. The smallest absolute Gasteiger partial charge is 0.323 e. The molecular weight excluding hydrogens is 270 g/mol. The Balaban J connectivity index is 1.97. The Kier molecular flexibility index (Phi) is 3.74. The molecule has 1 atom stereocenters. The molecule has 1 aromatic carbocycles. The average Bonchev–Trinajstić information content (AvgIpc) is 2.94. The van der Waals surface area contributed by atoms with E-state index in [9.17, 15) is 9.90 Å². The van der Waals surface area contributed by atoms with Gasteiger partial charge in [0.25, 0.3) is 0 Å². The number of para-hydroxylation sites is 1. The minimum absolute atomic E-state index is 0.0456. The number of aliphatic carboxylic acids is 1. The van der Waals surface area contributed by atoms with Crippen LogP contribution in [-0.2, 0) is 11.2 Å². The van der Waals surface area contributed by atoms with Crippen molar-refractivity contribution >= 4 is 23.0 Å². The standard InChI is InChI=1S/C16H17NO2S/c18-16(19)11-17(12-5-2-1-3-6-12)14-7-4-8-15-13(14)9-10-20-15/h1-3,5-6,9-10,14H,4,7-8,11H2,(H,18,19). The first-order valence-corrected chi connectivity index (χ1v) is 7.73. The highest BCUT2D eigenvalue weighted by atomic mass is 32.1. The van der Waals surface area contributed by atoms with Gasteiger partial charge in [-0.3, -0.25) is 4.79 Å². The van der Waals surface area contributed by atoms with E-state index in [0.29, 0.717) is 0 Å². The van der Waals surface area contributed by atoms with Gasteiger partial charge in [0.05, 0.1) is 6.04 Å². The molecule has 1 aliphatic carbocycles. The zero-order valence-corrected chi connectivity index (χ0v) is 12.0. The highest BCUT2D eigenvalue weighted by Crippen LogP contribution is 2.39. The first kappa shape index (κ1) is 13.2. The topological polar surface area (TPSA) is 40.5 Å². The molecule has 4 heteroatoms. The number of hydrogen-bond acceptors (Lipinski definition) is 3. The van der Waals surface area contributed by atoms with Crippen molar-refractivity contribution in [2.24, 2.45) is 0 Å². The minimum Gasteiger partial charge on any atom is -0.480 e. The van der Waals surface area contributed by atoms with E-state index in [0.717, 1.165) is 24.9 Å². The van der Waals surface area contributed by atoms with Crippen LogP contribution in [0.4, 0.5) is 5.69 Å². The molecule has 0 amide bonds. The van der Waals surface area contributed by atoms with Gasteiger partial charge in [-0.25, -0.2) is 0 Å². The normalized spacial score (nSPS) is 17.5. The summed E-state index contributed by atoms with van der Waals surface area (Å²) in [6, 6.07) is 12.2. The molecule has 1 aromatic heterocycles. The molecule has 20 heavy (non-hydrogen) atoms. The second-order valence-electron chi connectivity index (χ2n) is 5.06. The Bertz CT molecular complexity index is 594. The van der Waals surface area contributed by atoms with E-state index in [1.807, 2.05) is 35.2 Å². The van der Waals surface area contributed by atoms with Gasteiger partial charge in [-0.15, -0.1) is 11.3 Å². The Morgan fingerprint density at radius 2 is 2.10 bits per heavy atom. The van der Waals surface area contributed by atoms with Crippen LogP contribution in [-0.4, -0.2) is 17.6 Å². The zero-order chi connectivity index (χ0) is 13.9. The van der Waals surface area contributed by atoms with Crippen molar-refractivity contribution in [3.8, 4) is 0 Å². The molecule has 0 saturated heterocycles. The Hall–Kier alpha value is -1.81. The summed E-state index contributed by atoms with van der Waals surface area (Å²) in [5.74, 6) is -0.781. The van der Waals surface area contributed by atoms with Gasteiger partial charge in [0.1, 0.15) is 6.54 Å². The number of benzene rings is 1. The molecule has 1 heterocycles. The van der Waals surface area contributed by atoms with Crippen LogP contribution in [0.3, 0.4) is 0 Å². The van der Waals surface area contributed by atoms with Gasteiger partial charge in [0.2, 0.25) is 0 Å². The molecule has 3 rings (SSSR count). The molecule has 0 aliphatic heterocycles. The summed E-state index contributed by atoms with van der Waals surface area (Å²) < 4.78 is 0. The van der Waals surface area contributed by atoms with Crippen molar-refractivity contribution in [1.82, 2.24) is 0 Å². The van der Waals surface area contributed by atoms with E-state index in [1.54, 1.807) is 11.3 Å². The molecule has 0 saturated carbocycles. The van der Waals surface area contributed by atoms with E-state index in [-0.39, 0.29) is 12.6 Å². The number of hydrogen-bond donors (Lipinski definition) is 1. The maximum absolute atomic E-state index is 11.2. The second kappa shape index (κ2) is 5.67. The summed E-state index contributed by atoms with van der Waals surface area (Å²) >= 11 is 1.79. The van der Waals surface area contributed by atoms with Gasteiger partial charge in [0.15, 0.2) is 0 Å². The van der Waals surface area contributed by atoms with Gasteiger partial charge in [-0.2, -0.15) is 0 Å². The number of carbonyl (C=O) groups is 1. The Morgan fingerprint density at radius 3 is 2.85 bits per heavy atom. The van der Waals surface area contributed by atoms with Crippen molar-refractivity contribution in [2.75, 3.05) is 11.4 Å². The SMILES string of the molecule is O=C(O)CN(c1ccccc1)C1CCCc2sccc21. The molecular formula is C16H17NO2S. The molecule has 0 bridgehead atoms. The molecule has 1 N–H and O–H groups in total. The van der Waals surface area contributed by atoms with E-state index >= 15 is 0 Å². The molecule has 3 nitrogen and oxygen atoms in total. The summed E-state index contributed by atoms with van der Waals surface area (Å²) in [5, 5.41) is 11.4. The summed E-state index contributed by atoms with van der Waals surface area (Å²) in [4.78, 5) is 14.7. The summed E-state index contributed by atoms with van der Waals surface area (Å²) in [6.07, 6.45) is 3.27. The summed E-state index contributed by atoms with van der Waals surface area (Å²) in [6.45, 7) is 0.0456. The Labute approximate surface area is 122 Å². The lowest BCUT2D eigenvalue weighted by molar-refractivity contribution is -0.135. The number of carboxylic acid groups (broad SMARTS) is 1. The lowest BCUT2D eigenvalue weighted by atomic mass is 9.92. The first-order chi connectivity index (χ1) is 9.75. The molecule has 104 valence electrons. The van der Waals surface area contributed by atoms with Crippen LogP contribution in [0.25, 0.3) is 0 Å². The van der Waals surface area contributed by atoms with E-state index < -0.39 is 5.97 Å². The van der Waals surface area contributed by atoms with Crippen molar-refractivity contribution in [3.63, 3.8) is 0 Å². The van der Waals surface area contributed by atoms with Crippen LogP contribution < -0.4 is 4.90 Å². The third-order valence-electron chi connectivity index (χ3n) is 3.79. The molecule has 0 fully saturated rings. The number of anilines is 1. The number of aryl methyl sites for hydroxylation is 1. The molecule has 1 aliphatic rings. The number of nitrogens with zero attached hydrogens (tertiary/aromatic N) is 1. The third kappa shape index (κ3) is 2.56. The molecule has 1 unspecified atom stereocenters. The van der Waals surface area contributed by atoms with Crippen LogP contribution in [0, 0.1) is 0 Å². The number of thiophene rings is 1. The lowest BCUT2D eigenvalue weighted by Gasteiger charge is -2.35. The highest BCUT2D eigenvalue weighted by Gasteiger charge is 2.28. The quantitative estimate of drug-likeness (QED) is 0.931. The van der Waals surface area contributed by atoms with Gasteiger partial charge in [0, 0.05) is 10.6 Å². The number of fused-ring (bicyclic) bond motifs is 1. The fourth-order valence-electron chi connectivity index (χ4n) is 2.93. The van der Waals surface area contributed by atoms with Crippen LogP contribution in [0.15, 0.2) is 41.8 Å². The largest absolute Gasteiger partial charge is 0.480 e. The summed E-state index contributed by atoms with van der Waals surface area (Å²) in [5.41, 5.74) is 2.30. The lowest BCUT2D eigenvalue weighted by Crippen LogP contribution is -2.35. The highest BCUT2D eigenvalue weighted by molar-refractivity contribution is 7.10. The minimum atomic E-state index is -0.781. The van der Waals surface area contributed by atoms with Crippen LogP contribution in [0.2, 0.25) is 0 Å². The predicted molar refractivity (Wildman–Crippen MR) is 81.4 cm³/mol. The fraction of sp³-hybridized carbons (Fsp3) is 0.312. The third-order valence-corrected chi connectivity index (χ3v) is 4.79. The van der Waals surface area contributed by atoms with Gasteiger partial charge in [-0.1, -0.05) is 18.2 Å². The second-order valence-corrected chi connectivity index (χ2v) is 6.07. The van der Waals surface area contributed by atoms with Gasteiger partial charge in [-0.05, 0) is 48.4 Å². The maximum atomic E-state index is 11.2. The van der Waals surface area contributed by atoms with Gasteiger partial charge < -0.3 is 10.0 Å². The summed E-state index contributed by atoms with van der Waals surface area (Å²) in [7, 11) is 0. The Morgan fingerprint density at radius 1 is 1.30 bits per heavy atom. The van der Waals surface area contributed by atoms with E-state index in [4.69, 9.17) is 0 Å². The first-order valence-electron chi connectivity index (χ1n) is 6.85. The van der Waals surface area contributed by atoms with Crippen LogP contribution in [0.1, 0.15) is 29.3 Å². The molecule has 0 spiro atoms. The maximum Gasteiger partial charge on any atom is 0.323 e. The number of rotatable bonds is 4. The van der Waals surface area contributed by atoms with E-state index in [1.165, 1.54) is 10.4 Å². The van der Waals surface area contributed by atoms with Crippen LogP contribution >= 0.6 is 11.3 Å². The predicted octanol–water partition coefficient (Wildman–Crippen LogP) is 3.72. The fourth-order valence-corrected chi connectivity index (χ4v) is 3.91. The van der Waals surface area contributed by atoms with Crippen molar-refractivity contribution in [1.29, 1.82) is 0 Å². The van der Waals surface area contributed by atoms with Crippen molar-refractivity contribution < 1.29 is 9.90 Å². The van der Waals surface area contributed by atoms with Gasteiger partial charge >= 0.3 is 5.97 Å². The van der Waals surface area contributed by atoms with Crippen molar-refractivity contribution in [2.45, 2.75) is 25.3 Å². The van der Waals surface area contributed by atoms with Crippen molar-refractivity contribution in [3.05, 3.63) is 52.2 Å². The molecule has 0 radical (unpaired) electrons. The average molecular weight is 287 g/mol. The zero-order valence-electron chi connectivity index (χ0n) is 11.2. The van der Waals surface area contributed by atoms with Crippen LogP contribution in [0.5, 0.6) is 0 Å². The molecule has 2 aromatic rings.